The summed E-state index contributed by atoms with van der Waals surface area (Å²) in [6.07, 6.45) is 2.53. The molecule has 0 aliphatic carbocycles. The number of likely N-dealkylation sites (tertiary alicyclic amines) is 1. The summed E-state index contributed by atoms with van der Waals surface area (Å²) in [4.78, 5) is 32.8. The fourth-order valence-corrected chi connectivity index (χ4v) is 5.99. The Balaban J connectivity index is 1.36. The summed E-state index contributed by atoms with van der Waals surface area (Å²) in [7, 11) is 0. The van der Waals surface area contributed by atoms with E-state index >= 15 is 0 Å². The highest BCUT2D eigenvalue weighted by atomic mass is 32.2. The summed E-state index contributed by atoms with van der Waals surface area (Å²) < 4.78 is 1.20. The van der Waals surface area contributed by atoms with Gasteiger partial charge in [0.2, 0.25) is 5.91 Å². The number of nitrogens with zero attached hydrogens (tertiary/aromatic N) is 2. The van der Waals surface area contributed by atoms with Gasteiger partial charge in [-0.3, -0.25) is 9.59 Å². The number of carbonyl (C=O) groups excluding carboxylic acids is 2. The van der Waals surface area contributed by atoms with E-state index in [2.05, 4.69) is 11.4 Å². The lowest BCUT2D eigenvalue weighted by Gasteiger charge is -2.32. The molecule has 3 aromatic rings. The van der Waals surface area contributed by atoms with E-state index in [-0.39, 0.29) is 17.7 Å². The van der Waals surface area contributed by atoms with Gasteiger partial charge in [0.1, 0.15) is 0 Å². The summed E-state index contributed by atoms with van der Waals surface area (Å²) in [5.41, 5.74) is 2.43. The van der Waals surface area contributed by atoms with Gasteiger partial charge in [0.05, 0.1) is 20.9 Å². The normalized spacial score (nSPS) is 19.5. The molecule has 29 heavy (non-hydrogen) atoms. The van der Waals surface area contributed by atoms with Crippen molar-refractivity contribution in [2.45, 2.75) is 30.1 Å². The molecule has 148 valence electrons. The molecule has 7 heteroatoms. The second kappa shape index (κ2) is 7.80. The monoisotopic (exact) mass is 423 g/mol. The largest absolute Gasteiger partial charge is 0.338 e. The minimum Gasteiger partial charge on any atom is -0.338 e. The summed E-state index contributed by atoms with van der Waals surface area (Å²) >= 11 is 3.39. The lowest BCUT2D eigenvalue weighted by atomic mass is 9.98. The van der Waals surface area contributed by atoms with Crippen LogP contribution in [0, 0.1) is 0 Å². The van der Waals surface area contributed by atoms with Gasteiger partial charge in [-0.15, -0.1) is 23.1 Å². The van der Waals surface area contributed by atoms with Crippen LogP contribution in [0.2, 0.25) is 0 Å². The Morgan fingerprint density at radius 3 is 3.00 bits per heavy atom. The molecule has 0 spiro atoms. The van der Waals surface area contributed by atoms with Crippen molar-refractivity contribution in [1.82, 2.24) is 9.88 Å². The molecule has 1 N–H and O–H groups in total. The molecule has 5 nitrogen and oxygen atoms in total. The van der Waals surface area contributed by atoms with E-state index in [0.717, 1.165) is 46.2 Å². The maximum Gasteiger partial charge on any atom is 0.253 e. The van der Waals surface area contributed by atoms with E-state index in [0.29, 0.717) is 18.5 Å². The van der Waals surface area contributed by atoms with Gasteiger partial charge in [-0.1, -0.05) is 12.1 Å². The Kier molecular flexibility index (Phi) is 5.01. The highest BCUT2D eigenvalue weighted by Gasteiger charge is 2.28. The quantitative estimate of drug-likeness (QED) is 0.646. The number of anilines is 1. The maximum atomic E-state index is 13.2. The van der Waals surface area contributed by atoms with E-state index in [1.165, 1.54) is 4.70 Å². The van der Waals surface area contributed by atoms with Crippen LogP contribution in [0.4, 0.5) is 5.69 Å². The first kappa shape index (κ1) is 18.6. The van der Waals surface area contributed by atoms with E-state index < -0.39 is 0 Å². The Morgan fingerprint density at radius 2 is 2.10 bits per heavy atom. The fourth-order valence-electron chi connectivity index (χ4n) is 3.96. The van der Waals surface area contributed by atoms with E-state index in [4.69, 9.17) is 4.98 Å². The number of thiazole rings is 1. The Labute approximate surface area is 177 Å². The average Bonchev–Trinajstić information content (AvgIpc) is 3.09. The molecule has 5 rings (SSSR count). The minimum absolute atomic E-state index is 0.00900. The number of amides is 2. The van der Waals surface area contributed by atoms with Crippen LogP contribution in [0.1, 0.15) is 40.5 Å². The maximum absolute atomic E-state index is 13.2. The second-order valence-electron chi connectivity index (χ2n) is 7.47. The minimum atomic E-state index is 0.00900. The van der Waals surface area contributed by atoms with Crippen molar-refractivity contribution < 1.29 is 9.59 Å². The zero-order valence-corrected chi connectivity index (χ0v) is 17.5. The molecule has 1 aromatic heterocycles. The van der Waals surface area contributed by atoms with Crippen molar-refractivity contribution in [3.63, 3.8) is 0 Å². The van der Waals surface area contributed by atoms with Gasteiger partial charge in [-0.05, 0) is 43.2 Å². The van der Waals surface area contributed by atoms with E-state index in [1.807, 2.05) is 41.3 Å². The van der Waals surface area contributed by atoms with Gasteiger partial charge in [0, 0.05) is 41.6 Å². The topological polar surface area (TPSA) is 62.3 Å². The predicted octanol–water partition coefficient (Wildman–Crippen LogP) is 4.75. The number of hydrogen-bond acceptors (Lipinski definition) is 5. The molecule has 2 aromatic carbocycles. The number of para-hydroxylation sites is 1. The number of thioether (sulfide) groups is 1. The summed E-state index contributed by atoms with van der Waals surface area (Å²) in [5.74, 6) is 1.08. The molecular formula is C22H21N3O2S2. The summed E-state index contributed by atoms with van der Waals surface area (Å²) in [6.45, 7) is 1.45. The van der Waals surface area contributed by atoms with Crippen LogP contribution < -0.4 is 5.32 Å². The first-order valence-electron chi connectivity index (χ1n) is 9.89. The van der Waals surface area contributed by atoms with Crippen molar-refractivity contribution in [2.75, 3.05) is 24.2 Å². The molecule has 2 aliphatic rings. The van der Waals surface area contributed by atoms with Gasteiger partial charge in [0.25, 0.3) is 5.91 Å². The number of carbonyl (C=O) groups is 2. The number of rotatable bonds is 2. The SMILES string of the molecule is O=C1CCSc2ccc(C(=O)N3CCC[C@@H](c4nc5ccccc5s4)C3)cc2N1. The van der Waals surface area contributed by atoms with Gasteiger partial charge >= 0.3 is 0 Å². The third-order valence-corrected chi connectivity index (χ3v) is 7.73. The zero-order chi connectivity index (χ0) is 19.8. The smallest absolute Gasteiger partial charge is 0.253 e. The van der Waals surface area contributed by atoms with Gasteiger partial charge in [0.15, 0.2) is 0 Å². The van der Waals surface area contributed by atoms with E-state index in [1.54, 1.807) is 23.1 Å². The predicted molar refractivity (Wildman–Crippen MR) is 118 cm³/mol. The van der Waals surface area contributed by atoms with Crippen LogP contribution in [-0.2, 0) is 4.79 Å². The number of benzene rings is 2. The van der Waals surface area contributed by atoms with Crippen LogP contribution in [0.25, 0.3) is 10.2 Å². The van der Waals surface area contributed by atoms with Gasteiger partial charge in [-0.2, -0.15) is 0 Å². The van der Waals surface area contributed by atoms with Crippen molar-refractivity contribution in [1.29, 1.82) is 0 Å². The zero-order valence-electron chi connectivity index (χ0n) is 15.9. The number of hydrogen-bond donors (Lipinski definition) is 1. The summed E-state index contributed by atoms with van der Waals surface area (Å²) in [6, 6.07) is 13.9. The van der Waals surface area contributed by atoms with Crippen LogP contribution >= 0.6 is 23.1 Å². The Morgan fingerprint density at radius 1 is 1.21 bits per heavy atom. The summed E-state index contributed by atoms with van der Waals surface area (Å²) in [5, 5.41) is 4.05. The number of nitrogens with one attached hydrogen (secondary N) is 1. The molecule has 0 unspecified atom stereocenters. The Hall–Kier alpha value is -2.38. The molecular weight excluding hydrogens is 402 g/mol. The first-order chi connectivity index (χ1) is 14.2. The molecule has 0 radical (unpaired) electrons. The standard InChI is InChI=1S/C22H21N3O2S2/c26-20-9-11-28-18-8-7-14(12-17(18)23-20)22(27)25-10-3-4-15(13-25)21-24-16-5-1-2-6-19(16)29-21/h1-2,5-8,12,15H,3-4,9-11,13H2,(H,23,26)/t15-/m1/s1. The van der Waals surface area contributed by atoms with Crippen LogP contribution in [-0.4, -0.2) is 40.5 Å². The van der Waals surface area contributed by atoms with Crippen molar-refractivity contribution in [3.05, 3.63) is 53.0 Å². The highest BCUT2D eigenvalue weighted by Crippen LogP contribution is 2.35. The average molecular weight is 424 g/mol. The molecule has 1 atom stereocenters. The van der Waals surface area contributed by atoms with Crippen molar-refractivity contribution >= 4 is 50.8 Å². The molecule has 0 bridgehead atoms. The highest BCUT2D eigenvalue weighted by molar-refractivity contribution is 7.99. The molecule has 1 fully saturated rings. The fraction of sp³-hybridized carbons (Fsp3) is 0.318. The Bertz CT molecular complexity index is 1060. The van der Waals surface area contributed by atoms with Crippen molar-refractivity contribution in [2.24, 2.45) is 0 Å². The van der Waals surface area contributed by atoms with Crippen molar-refractivity contribution in [3.8, 4) is 0 Å². The molecule has 0 saturated carbocycles. The number of piperidine rings is 1. The third kappa shape index (κ3) is 3.76. The van der Waals surface area contributed by atoms with Gasteiger partial charge in [-0.25, -0.2) is 4.98 Å². The lowest BCUT2D eigenvalue weighted by Crippen LogP contribution is -2.39. The number of aromatic nitrogens is 1. The van der Waals surface area contributed by atoms with Crippen LogP contribution in [0.15, 0.2) is 47.4 Å². The number of fused-ring (bicyclic) bond motifs is 2. The first-order valence-corrected chi connectivity index (χ1v) is 11.7. The molecule has 1 saturated heterocycles. The second-order valence-corrected chi connectivity index (χ2v) is 9.67. The lowest BCUT2D eigenvalue weighted by molar-refractivity contribution is -0.115. The molecule has 2 aliphatic heterocycles. The third-order valence-electron chi connectivity index (χ3n) is 5.46. The molecule has 3 heterocycles. The van der Waals surface area contributed by atoms with Gasteiger partial charge < -0.3 is 10.2 Å². The van der Waals surface area contributed by atoms with Crippen LogP contribution in [0.5, 0.6) is 0 Å². The van der Waals surface area contributed by atoms with Crippen LogP contribution in [0.3, 0.4) is 0 Å². The van der Waals surface area contributed by atoms with E-state index in [9.17, 15) is 9.59 Å². The molecule has 2 amide bonds.